The van der Waals surface area contributed by atoms with E-state index in [2.05, 4.69) is 5.32 Å². The van der Waals surface area contributed by atoms with Crippen LogP contribution in [-0.2, 0) is 9.53 Å². The first-order valence-corrected chi connectivity index (χ1v) is 6.68. The lowest BCUT2D eigenvalue weighted by molar-refractivity contribution is -0.121. The van der Waals surface area contributed by atoms with Gasteiger partial charge in [-0.1, -0.05) is 12.8 Å². The number of rotatable bonds is 8. The monoisotopic (exact) mass is 242 g/mol. The Labute approximate surface area is 104 Å². The van der Waals surface area contributed by atoms with Crippen LogP contribution in [0.15, 0.2) is 0 Å². The Kier molecular flexibility index (Phi) is 6.52. The molecule has 1 rings (SSSR count). The summed E-state index contributed by atoms with van der Waals surface area (Å²) in [6.45, 7) is 2.18. The van der Waals surface area contributed by atoms with Crippen LogP contribution in [0.5, 0.6) is 0 Å². The smallest absolute Gasteiger partial charge is 0.220 e. The van der Waals surface area contributed by atoms with Gasteiger partial charge in [-0.15, -0.1) is 0 Å². The molecule has 0 aromatic heterocycles. The molecule has 1 amide bonds. The number of hydrogen-bond acceptors (Lipinski definition) is 3. The van der Waals surface area contributed by atoms with Gasteiger partial charge in [0.25, 0.3) is 0 Å². The average molecular weight is 242 g/mol. The summed E-state index contributed by atoms with van der Waals surface area (Å²) in [5, 5.41) is 3.06. The minimum atomic E-state index is 0.138. The molecule has 0 spiro atoms. The van der Waals surface area contributed by atoms with Crippen LogP contribution in [0.1, 0.15) is 44.9 Å². The molecule has 0 bridgehead atoms. The molecule has 4 nitrogen and oxygen atoms in total. The molecule has 1 fully saturated rings. The SMILES string of the molecule is COCCC1(CNC(=O)CCCN)CCCC1. The number of nitrogens with two attached hydrogens (primary N) is 1. The lowest BCUT2D eigenvalue weighted by Gasteiger charge is -2.29. The summed E-state index contributed by atoms with van der Waals surface area (Å²) in [6, 6.07) is 0. The van der Waals surface area contributed by atoms with Crippen molar-refractivity contribution in [3.63, 3.8) is 0 Å². The highest BCUT2D eigenvalue weighted by molar-refractivity contribution is 5.75. The van der Waals surface area contributed by atoms with Crippen molar-refractivity contribution < 1.29 is 9.53 Å². The predicted octanol–water partition coefficient (Wildman–Crippen LogP) is 1.44. The van der Waals surface area contributed by atoms with Crippen molar-refractivity contribution in [3.05, 3.63) is 0 Å². The fourth-order valence-corrected chi connectivity index (χ4v) is 2.60. The van der Waals surface area contributed by atoms with Crippen molar-refractivity contribution in [2.24, 2.45) is 11.1 Å². The van der Waals surface area contributed by atoms with Gasteiger partial charge >= 0.3 is 0 Å². The quantitative estimate of drug-likeness (QED) is 0.677. The van der Waals surface area contributed by atoms with E-state index in [0.717, 1.165) is 26.0 Å². The molecule has 0 atom stereocenters. The number of carbonyl (C=O) groups excluding carboxylic acids is 1. The van der Waals surface area contributed by atoms with Gasteiger partial charge < -0.3 is 15.8 Å². The van der Waals surface area contributed by atoms with Crippen LogP contribution >= 0.6 is 0 Å². The van der Waals surface area contributed by atoms with Crippen LogP contribution in [0, 0.1) is 5.41 Å². The molecule has 0 aromatic rings. The van der Waals surface area contributed by atoms with Crippen LogP contribution < -0.4 is 11.1 Å². The molecule has 0 heterocycles. The molecular formula is C13H26N2O2. The standard InChI is InChI=1S/C13H26N2O2/c1-17-10-8-13(6-2-3-7-13)11-15-12(16)5-4-9-14/h2-11,14H2,1H3,(H,15,16). The van der Waals surface area contributed by atoms with Crippen LogP contribution in [0.25, 0.3) is 0 Å². The molecule has 1 aliphatic carbocycles. The molecule has 4 heteroatoms. The Hall–Kier alpha value is -0.610. The van der Waals surface area contributed by atoms with Gasteiger partial charge in [0.2, 0.25) is 5.91 Å². The van der Waals surface area contributed by atoms with Gasteiger partial charge in [0.05, 0.1) is 0 Å². The van der Waals surface area contributed by atoms with Crippen molar-refractivity contribution in [2.75, 3.05) is 26.8 Å². The van der Waals surface area contributed by atoms with E-state index in [-0.39, 0.29) is 11.3 Å². The molecule has 0 radical (unpaired) electrons. The van der Waals surface area contributed by atoms with Crippen LogP contribution in [0.4, 0.5) is 0 Å². The van der Waals surface area contributed by atoms with E-state index in [1.54, 1.807) is 7.11 Å². The Morgan fingerprint density at radius 3 is 2.71 bits per heavy atom. The molecule has 17 heavy (non-hydrogen) atoms. The number of ether oxygens (including phenoxy) is 1. The summed E-state index contributed by atoms with van der Waals surface area (Å²) >= 11 is 0. The lowest BCUT2D eigenvalue weighted by Crippen LogP contribution is -2.36. The topological polar surface area (TPSA) is 64.3 Å². The molecular weight excluding hydrogens is 216 g/mol. The van der Waals surface area contributed by atoms with E-state index < -0.39 is 0 Å². The molecule has 0 unspecified atom stereocenters. The Bertz CT molecular complexity index is 225. The molecule has 0 saturated heterocycles. The van der Waals surface area contributed by atoms with Crippen molar-refractivity contribution in [2.45, 2.75) is 44.9 Å². The highest BCUT2D eigenvalue weighted by Gasteiger charge is 2.33. The van der Waals surface area contributed by atoms with E-state index >= 15 is 0 Å². The molecule has 0 aromatic carbocycles. The summed E-state index contributed by atoms with van der Waals surface area (Å²) in [7, 11) is 1.74. The van der Waals surface area contributed by atoms with Gasteiger partial charge in [0, 0.05) is 26.7 Å². The van der Waals surface area contributed by atoms with Gasteiger partial charge in [0.1, 0.15) is 0 Å². The predicted molar refractivity (Wildman–Crippen MR) is 68.7 cm³/mol. The van der Waals surface area contributed by atoms with Crippen LogP contribution in [0.3, 0.4) is 0 Å². The minimum Gasteiger partial charge on any atom is -0.385 e. The van der Waals surface area contributed by atoms with Crippen molar-refractivity contribution in [3.8, 4) is 0 Å². The third-order valence-corrected chi connectivity index (χ3v) is 3.77. The maximum Gasteiger partial charge on any atom is 0.220 e. The van der Waals surface area contributed by atoms with E-state index in [9.17, 15) is 4.79 Å². The van der Waals surface area contributed by atoms with Crippen LogP contribution in [-0.4, -0.2) is 32.7 Å². The number of methoxy groups -OCH3 is 1. The summed E-state index contributed by atoms with van der Waals surface area (Å²) in [5.41, 5.74) is 5.68. The largest absolute Gasteiger partial charge is 0.385 e. The van der Waals surface area contributed by atoms with Gasteiger partial charge in [-0.05, 0) is 37.6 Å². The molecule has 100 valence electrons. The highest BCUT2D eigenvalue weighted by Crippen LogP contribution is 2.40. The fraction of sp³-hybridized carbons (Fsp3) is 0.923. The fourth-order valence-electron chi connectivity index (χ4n) is 2.60. The highest BCUT2D eigenvalue weighted by atomic mass is 16.5. The Balaban J connectivity index is 2.31. The van der Waals surface area contributed by atoms with Crippen molar-refractivity contribution >= 4 is 5.91 Å². The van der Waals surface area contributed by atoms with Crippen LogP contribution in [0.2, 0.25) is 0 Å². The zero-order valence-electron chi connectivity index (χ0n) is 11.0. The van der Waals surface area contributed by atoms with E-state index in [4.69, 9.17) is 10.5 Å². The second kappa shape index (κ2) is 7.67. The summed E-state index contributed by atoms with van der Waals surface area (Å²) in [4.78, 5) is 11.6. The van der Waals surface area contributed by atoms with Gasteiger partial charge in [-0.2, -0.15) is 0 Å². The minimum absolute atomic E-state index is 0.138. The number of amides is 1. The van der Waals surface area contributed by atoms with E-state index in [1.165, 1.54) is 25.7 Å². The van der Waals surface area contributed by atoms with Crippen molar-refractivity contribution in [1.29, 1.82) is 0 Å². The van der Waals surface area contributed by atoms with E-state index in [1.807, 2.05) is 0 Å². The summed E-state index contributed by atoms with van der Waals surface area (Å²) < 4.78 is 5.17. The average Bonchev–Trinajstić information content (AvgIpc) is 2.81. The zero-order valence-corrected chi connectivity index (χ0v) is 11.0. The molecule has 3 N–H and O–H groups in total. The third kappa shape index (κ3) is 5.04. The zero-order chi connectivity index (χ0) is 12.6. The number of carbonyl (C=O) groups is 1. The summed E-state index contributed by atoms with van der Waals surface area (Å²) in [6.07, 6.45) is 7.38. The Morgan fingerprint density at radius 2 is 2.12 bits per heavy atom. The first kappa shape index (κ1) is 14.5. The maximum absolute atomic E-state index is 11.6. The molecule has 0 aliphatic heterocycles. The first-order chi connectivity index (χ1) is 8.22. The van der Waals surface area contributed by atoms with E-state index in [0.29, 0.717) is 13.0 Å². The third-order valence-electron chi connectivity index (χ3n) is 3.77. The van der Waals surface area contributed by atoms with Gasteiger partial charge in [0.15, 0.2) is 0 Å². The molecule has 1 aliphatic rings. The maximum atomic E-state index is 11.6. The normalized spacial score (nSPS) is 18.2. The summed E-state index contributed by atoms with van der Waals surface area (Å²) in [5.74, 6) is 0.138. The first-order valence-electron chi connectivity index (χ1n) is 6.68. The molecule has 1 saturated carbocycles. The second-order valence-electron chi connectivity index (χ2n) is 5.12. The number of nitrogens with one attached hydrogen (secondary N) is 1. The lowest BCUT2D eigenvalue weighted by atomic mass is 9.83. The van der Waals surface area contributed by atoms with Gasteiger partial charge in [-0.25, -0.2) is 0 Å². The van der Waals surface area contributed by atoms with Gasteiger partial charge in [-0.3, -0.25) is 4.79 Å². The second-order valence-corrected chi connectivity index (χ2v) is 5.12. The van der Waals surface area contributed by atoms with Crippen molar-refractivity contribution in [1.82, 2.24) is 5.32 Å². The number of hydrogen-bond donors (Lipinski definition) is 2. The Morgan fingerprint density at radius 1 is 1.41 bits per heavy atom.